The number of aromatic nitrogens is 5. The minimum Gasteiger partial charge on any atom is -0.325 e. The molecule has 2 aromatic heterocycles. The van der Waals surface area contributed by atoms with Crippen LogP contribution in [0, 0.1) is 0 Å². The second-order valence-corrected chi connectivity index (χ2v) is 3.51. The van der Waals surface area contributed by atoms with Crippen LogP contribution in [0.5, 0.6) is 0 Å². The fourth-order valence-corrected chi connectivity index (χ4v) is 1.41. The molecule has 90 valence electrons. The molecule has 2 N–H and O–H groups in total. The molecule has 0 amide bonds. The van der Waals surface area contributed by atoms with E-state index in [-0.39, 0.29) is 18.9 Å². The van der Waals surface area contributed by atoms with Crippen molar-refractivity contribution in [1.82, 2.24) is 24.4 Å². The topological polar surface area (TPSA) is 108 Å². The molecule has 0 aromatic carbocycles. The smallest absolute Gasteiger partial charge is 0.325 e. The molecule has 0 aliphatic heterocycles. The van der Waals surface area contributed by atoms with E-state index in [1.165, 1.54) is 10.7 Å². The first kappa shape index (κ1) is 11.4. The lowest BCUT2D eigenvalue weighted by molar-refractivity contribution is -0.119. The van der Waals surface area contributed by atoms with E-state index in [0.717, 1.165) is 4.68 Å². The second-order valence-electron chi connectivity index (χ2n) is 3.51. The largest absolute Gasteiger partial charge is 0.353 e. The van der Waals surface area contributed by atoms with Crippen LogP contribution in [0.3, 0.4) is 0 Å². The van der Waals surface area contributed by atoms with Crippen LogP contribution >= 0.6 is 0 Å². The molecule has 0 radical (unpaired) electrons. The fraction of sp³-hybridized carbons (Fsp3) is 0.444. The lowest BCUT2D eigenvalue weighted by atomic mass is 10.3. The molecule has 8 heteroatoms. The van der Waals surface area contributed by atoms with Crippen LogP contribution in [0.2, 0.25) is 0 Å². The summed E-state index contributed by atoms with van der Waals surface area (Å²) in [6.07, 6.45) is 1.69. The van der Waals surface area contributed by atoms with Gasteiger partial charge >= 0.3 is 5.69 Å². The Balaban J connectivity index is 2.51. The lowest BCUT2D eigenvalue weighted by Crippen LogP contribution is -2.32. The maximum absolute atomic E-state index is 11.9. The molecule has 0 saturated carbocycles. The number of ketones is 1. The summed E-state index contributed by atoms with van der Waals surface area (Å²) in [4.78, 5) is 27.1. The van der Waals surface area contributed by atoms with Crippen molar-refractivity contribution in [1.29, 1.82) is 0 Å². The van der Waals surface area contributed by atoms with Gasteiger partial charge in [-0.25, -0.2) is 14.2 Å². The Kier molecular flexibility index (Phi) is 2.96. The zero-order chi connectivity index (χ0) is 12.4. The van der Waals surface area contributed by atoms with Gasteiger partial charge in [0.1, 0.15) is 18.6 Å². The van der Waals surface area contributed by atoms with Gasteiger partial charge in [-0.2, -0.15) is 4.68 Å². The number of nitrogens with zero attached hydrogens (tertiary/aromatic N) is 5. The molecule has 0 aliphatic carbocycles. The highest BCUT2D eigenvalue weighted by Gasteiger charge is 2.11. The standard InChI is InChI=1S/C9H12N6O2/c1-2-6(16)4-15-9(17)14-5-11-7(3-10)8(14)12-13-15/h5H,2-4,10H2,1H3. The van der Waals surface area contributed by atoms with Crippen LogP contribution in [0.4, 0.5) is 0 Å². The summed E-state index contributed by atoms with van der Waals surface area (Å²) >= 11 is 0. The molecule has 2 rings (SSSR count). The van der Waals surface area contributed by atoms with Crippen LogP contribution < -0.4 is 11.4 Å². The van der Waals surface area contributed by atoms with Crippen LogP contribution in [-0.4, -0.2) is 30.2 Å². The van der Waals surface area contributed by atoms with Crippen molar-refractivity contribution in [3.8, 4) is 0 Å². The number of Topliss-reactive ketones (excluding diaryl/α,β-unsaturated/α-hetero) is 1. The first-order valence-electron chi connectivity index (χ1n) is 5.18. The molecular formula is C9H12N6O2. The van der Waals surface area contributed by atoms with E-state index in [4.69, 9.17) is 5.73 Å². The molecule has 8 nitrogen and oxygen atoms in total. The van der Waals surface area contributed by atoms with E-state index in [1.807, 2.05) is 0 Å². The summed E-state index contributed by atoms with van der Waals surface area (Å²) in [6, 6.07) is 0. The predicted octanol–water partition coefficient (Wildman–Crippen LogP) is -1.28. The molecule has 0 saturated heterocycles. The van der Waals surface area contributed by atoms with Gasteiger partial charge in [-0.05, 0) is 0 Å². The number of fused-ring (bicyclic) bond motifs is 1. The lowest BCUT2D eigenvalue weighted by Gasteiger charge is -2.01. The molecule has 0 aliphatic rings. The zero-order valence-corrected chi connectivity index (χ0v) is 9.33. The molecule has 17 heavy (non-hydrogen) atoms. The molecular weight excluding hydrogens is 224 g/mol. The Morgan fingerprint density at radius 2 is 2.29 bits per heavy atom. The third kappa shape index (κ3) is 1.94. The predicted molar refractivity (Wildman–Crippen MR) is 58.2 cm³/mol. The number of carbonyl (C=O) groups is 1. The van der Waals surface area contributed by atoms with E-state index in [2.05, 4.69) is 15.3 Å². The van der Waals surface area contributed by atoms with Crippen LogP contribution in [-0.2, 0) is 17.9 Å². The van der Waals surface area contributed by atoms with E-state index in [9.17, 15) is 9.59 Å². The number of rotatable bonds is 4. The first-order valence-corrected chi connectivity index (χ1v) is 5.18. The minimum atomic E-state index is -0.441. The monoisotopic (exact) mass is 236 g/mol. The van der Waals surface area contributed by atoms with Gasteiger partial charge in [-0.1, -0.05) is 12.1 Å². The maximum atomic E-state index is 11.9. The molecule has 0 spiro atoms. The number of carbonyl (C=O) groups excluding carboxylic acids is 1. The second kappa shape index (κ2) is 4.42. The van der Waals surface area contributed by atoms with Gasteiger partial charge in [0.15, 0.2) is 11.4 Å². The number of nitrogens with two attached hydrogens (primary N) is 1. The van der Waals surface area contributed by atoms with Gasteiger partial charge in [-0.3, -0.25) is 4.79 Å². The van der Waals surface area contributed by atoms with Gasteiger partial charge in [0.2, 0.25) is 0 Å². The van der Waals surface area contributed by atoms with Crippen molar-refractivity contribution in [3.05, 3.63) is 22.5 Å². The van der Waals surface area contributed by atoms with Gasteiger partial charge < -0.3 is 5.73 Å². The number of hydrogen-bond donors (Lipinski definition) is 1. The number of hydrogen-bond acceptors (Lipinski definition) is 6. The van der Waals surface area contributed by atoms with E-state index >= 15 is 0 Å². The SMILES string of the molecule is CCC(=O)Cn1nnc2c(CN)ncn2c1=O. The van der Waals surface area contributed by atoms with E-state index < -0.39 is 5.69 Å². The van der Waals surface area contributed by atoms with Gasteiger partial charge in [0.05, 0.1) is 0 Å². The van der Waals surface area contributed by atoms with Gasteiger partial charge in [0.25, 0.3) is 0 Å². The van der Waals surface area contributed by atoms with E-state index in [0.29, 0.717) is 17.8 Å². The quantitative estimate of drug-likeness (QED) is 0.708. The molecule has 0 atom stereocenters. The van der Waals surface area contributed by atoms with E-state index in [1.54, 1.807) is 6.92 Å². The third-order valence-corrected chi connectivity index (χ3v) is 2.40. The average molecular weight is 236 g/mol. The average Bonchev–Trinajstić information content (AvgIpc) is 2.76. The molecule has 2 heterocycles. The van der Waals surface area contributed by atoms with Crippen LogP contribution in [0.25, 0.3) is 5.65 Å². The molecule has 2 aromatic rings. The fourth-order valence-electron chi connectivity index (χ4n) is 1.41. The summed E-state index contributed by atoms with van der Waals surface area (Å²) in [7, 11) is 0. The Morgan fingerprint density at radius 1 is 1.53 bits per heavy atom. The summed E-state index contributed by atoms with van der Waals surface area (Å²) in [6.45, 7) is 1.83. The van der Waals surface area contributed by atoms with Crippen molar-refractivity contribution < 1.29 is 4.79 Å². The van der Waals surface area contributed by atoms with Crippen molar-refractivity contribution in [2.24, 2.45) is 5.73 Å². The normalized spacial score (nSPS) is 10.9. The maximum Gasteiger partial charge on any atom is 0.353 e. The Labute approximate surface area is 96.1 Å². The van der Waals surface area contributed by atoms with Crippen molar-refractivity contribution in [2.45, 2.75) is 26.4 Å². The van der Waals surface area contributed by atoms with Gasteiger partial charge in [-0.15, -0.1) is 5.10 Å². The highest BCUT2D eigenvalue weighted by atomic mass is 16.2. The highest BCUT2D eigenvalue weighted by molar-refractivity contribution is 5.77. The Bertz CT molecular complexity index is 613. The third-order valence-electron chi connectivity index (χ3n) is 2.40. The zero-order valence-electron chi connectivity index (χ0n) is 9.33. The van der Waals surface area contributed by atoms with Crippen molar-refractivity contribution in [2.75, 3.05) is 0 Å². The Morgan fingerprint density at radius 3 is 2.94 bits per heavy atom. The summed E-state index contributed by atoms with van der Waals surface area (Å²) in [5.74, 6) is -0.0834. The highest BCUT2D eigenvalue weighted by Crippen LogP contribution is 2.00. The molecule has 0 unspecified atom stereocenters. The minimum absolute atomic E-state index is 0.0750. The molecule has 0 bridgehead atoms. The Hall–Kier alpha value is -2.09. The summed E-state index contributed by atoms with van der Waals surface area (Å²) in [5.41, 5.74) is 5.84. The summed E-state index contributed by atoms with van der Waals surface area (Å²) < 4.78 is 2.25. The van der Waals surface area contributed by atoms with Gasteiger partial charge in [0, 0.05) is 13.0 Å². The van der Waals surface area contributed by atoms with Crippen molar-refractivity contribution in [3.63, 3.8) is 0 Å². The molecule has 0 fully saturated rings. The summed E-state index contributed by atoms with van der Waals surface area (Å²) in [5, 5.41) is 7.53. The first-order chi connectivity index (χ1) is 8.17. The van der Waals surface area contributed by atoms with Crippen molar-refractivity contribution >= 4 is 11.4 Å². The van der Waals surface area contributed by atoms with Crippen LogP contribution in [0.1, 0.15) is 19.0 Å². The number of imidazole rings is 1. The van der Waals surface area contributed by atoms with Crippen LogP contribution in [0.15, 0.2) is 11.1 Å².